The van der Waals surface area contributed by atoms with Gasteiger partial charge >= 0.3 is 0 Å². The average Bonchev–Trinajstić information content (AvgIpc) is 2.34. The summed E-state index contributed by atoms with van der Waals surface area (Å²) in [7, 11) is 1.77. The minimum absolute atomic E-state index is 0.0509. The second-order valence-corrected chi connectivity index (χ2v) is 6.35. The number of ether oxygens (including phenoxy) is 1. The maximum Gasteiger partial charge on any atom is 0.0622 e. The number of methoxy groups -OCH3 is 1. The van der Waals surface area contributed by atoms with E-state index in [-0.39, 0.29) is 5.60 Å². The van der Waals surface area contributed by atoms with Crippen molar-refractivity contribution in [2.24, 2.45) is 11.7 Å². The molecule has 0 spiro atoms. The Morgan fingerprint density at radius 1 is 1.39 bits per heavy atom. The smallest absolute Gasteiger partial charge is 0.0622 e. The first-order valence-electron chi connectivity index (χ1n) is 6.46. The molecule has 1 rings (SSSR count). The highest BCUT2D eigenvalue weighted by Crippen LogP contribution is 2.22. The highest BCUT2D eigenvalue weighted by molar-refractivity contribution is 9.10. The van der Waals surface area contributed by atoms with Crippen LogP contribution in [0.3, 0.4) is 0 Å². The third kappa shape index (κ3) is 5.51. The molecule has 102 valence electrons. The predicted molar refractivity (Wildman–Crippen MR) is 80.7 cm³/mol. The minimum Gasteiger partial charge on any atom is -0.379 e. The van der Waals surface area contributed by atoms with Crippen LogP contribution in [0.15, 0.2) is 28.7 Å². The lowest BCUT2D eigenvalue weighted by atomic mass is 9.90. The monoisotopic (exact) mass is 313 g/mol. The van der Waals surface area contributed by atoms with Gasteiger partial charge in [-0.15, -0.1) is 0 Å². The van der Waals surface area contributed by atoms with Crippen LogP contribution in [0.5, 0.6) is 0 Å². The van der Waals surface area contributed by atoms with Gasteiger partial charge in [0.1, 0.15) is 0 Å². The first-order chi connectivity index (χ1) is 8.46. The molecule has 2 nitrogen and oxygen atoms in total. The van der Waals surface area contributed by atoms with Gasteiger partial charge in [-0.3, -0.25) is 0 Å². The van der Waals surface area contributed by atoms with Crippen LogP contribution < -0.4 is 5.73 Å². The van der Waals surface area contributed by atoms with E-state index in [1.807, 2.05) is 0 Å². The van der Waals surface area contributed by atoms with Crippen LogP contribution in [0.4, 0.5) is 0 Å². The van der Waals surface area contributed by atoms with E-state index in [1.54, 1.807) is 7.11 Å². The molecule has 0 radical (unpaired) electrons. The van der Waals surface area contributed by atoms with Gasteiger partial charge in [0.05, 0.1) is 5.60 Å². The van der Waals surface area contributed by atoms with Crippen molar-refractivity contribution in [1.29, 1.82) is 0 Å². The molecule has 18 heavy (non-hydrogen) atoms. The molecule has 0 saturated heterocycles. The molecule has 0 aliphatic rings. The second-order valence-electron chi connectivity index (χ2n) is 5.44. The lowest BCUT2D eigenvalue weighted by Gasteiger charge is -2.25. The highest BCUT2D eigenvalue weighted by Gasteiger charge is 2.18. The summed E-state index contributed by atoms with van der Waals surface area (Å²) in [6.07, 6.45) is 3.18. The van der Waals surface area contributed by atoms with Gasteiger partial charge in [-0.05, 0) is 63.3 Å². The molecule has 0 aliphatic carbocycles. The maximum absolute atomic E-state index is 5.88. The summed E-state index contributed by atoms with van der Waals surface area (Å²) >= 11 is 3.50. The fourth-order valence-electron chi connectivity index (χ4n) is 1.95. The van der Waals surface area contributed by atoms with Gasteiger partial charge in [0.25, 0.3) is 0 Å². The number of halogens is 1. The Morgan fingerprint density at radius 3 is 2.67 bits per heavy atom. The molecule has 0 amide bonds. The zero-order valence-corrected chi connectivity index (χ0v) is 13.2. The second kappa shape index (κ2) is 7.27. The highest BCUT2D eigenvalue weighted by atomic mass is 79.9. The normalized spacial score (nSPS) is 13.6. The summed E-state index contributed by atoms with van der Waals surface area (Å²) in [4.78, 5) is 0. The molecule has 2 N–H and O–H groups in total. The van der Waals surface area contributed by atoms with E-state index in [9.17, 15) is 0 Å². The summed E-state index contributed by atoms with van der Waals surface area (Å²) in [6, 6.07) is 8.46. The van der Waals surface area contributed by atoms with Crippen molar-refractivity contribution in [2.45, 2.75) is 38.7 Å². The van der Waals surface area contributed by atoms with E-state index in [2.05, 4.69) is 54.0 Å². The van der Waals surface area contributed by atoms with E-state index in [0.717, 1.165) is 30.3 Å². The SMILES string of the molecule is COC(C)(C)CCC(CN)Cc1cccc(Br)c1. The van der Waals surface area contributed by atoms with Gasteiger partial charge in [-0.2, -0.15) is 0 Å². The number of hydrogen-bond acceptors (Lipinski definition) is 2. The largest absolute Gasteiger partial charge is 0.379 e. The van der Waals surface area contributed by atoms with Crippen molar-refractivity contribution in [3.8, 4) is 0 Å². The number of hydrogen-bond donors (Lipinski definition) is 1. The van der Waals surface area contributed by atoms with Gasteiger partial charge in [0.2, 0.25) is 0 Å². The van der Waals surface area contributed by atoms with E-state index in [0.29, 0.717) is 5.92 Å². The van der Waals surface area contributed by atoms with E-state index >= 15 is 0 Å². The van der Waals surface area contributed by atoms with Crippen molar-refractivity contribution in [2.75, 3.05) is 13.7 Å². The standard InChI is InChI=1S/C15H24BrNO/c1-15(2,18-3)8-7-13(11-17)9-12-5-4-6-14(16)10-12/h4-6,10,13H,7-9,11,17H2,1-3H3. The van der Waals surface area contributed by atoms with Crippen LogP contribution >= 0.6 is 15.9 Å². The average molecular weight is 314 g/mol. The molecule has 3 heteroatoms. The molecule has 0 bridgehead atoms. The lowest BCUT2D eigenvalue weighted by molar-refractivity contribution is 0.0106. The Morgan fingerprint density at radius 2 is 2.11 bits per heavy atom. The molecule has 0 heterocycles. The molecule has 1 atom stereocenters. The van der Waals surface area contributed by atoms with Gasteiger partial charge in [0, 0.05) is 11.6 Å². The number of rotatable bonds is 7. The lowest BCUT2D eigenvalue weighted by Crippen LogP contribution is -2.26. The first kappa shape index (κ1) is 15.7. The third-order valence-electron chi connectivity index (χ3n) is 3.45. The fraction of sp³-hybridized carbons (Fsp3) is 0.600. The predicted octanol–water partition coefficient (Wildman–Crippen LogP) is 3.77. The minimum atomic E-state index is -0.0509. The zero-order valence-electron chi connectivity index (χ0n) is 11.6. The Kier molecular flexibility index (Phi) is 6.33. The molecule has 1 unspecified atom stereocenters. The fourth-order valence-corrected chi connectivity index (χ4v) is 2.40. The van der Waals surface area contributed by atoms with Crippen LogP contribution in [-0.2, 0) is 11.2 Å². The topological polar surface area (TPSA) is 35.2 Å². The van der Waals surface area contributed by atoms with Crippen LogP contribution in [-0.4, -0.2) is 19.3 Å². The quantitative estimate of drug-likeness (QED) is 0.831. The summed E-state index contributed by atoms with van der Waals surface area (Å²) in [6.45, 7) is 4.98. The Balaban J connectivity index is 2.52. The molecular weight excluding hydrogens is 290 g/mol. The maximum atomic E-state index is 5.88. The van der Waals surface area contributed by atoms with E-state index < -0.39 is 0 Å². The van der Waals surface area contributed by atoms with Crippen LogP contribution in [0, 0.1) is 5.92 Å². The third-order valence-corrected chi connectivity index (χ3v) is 3.95. The van der Waals surface area contributed by atoms with Crippen molar-refractivity contribution >= 4 is 15.9 Å². The molecule has 0 saturated carbocycles. The molecule has 0 aromatic heterocycles. The van der Waals surface area contributed by atoms with Gasteiger partial charge in [-0.1, -0.05) is 28.1 Å². The summed E-state index contributed by atoms with van der Waals surface area (Å²) < 4.78 is 6.59. The molecule has 0 fully saturated rings. The van der Waals surface area contributed by atoms with Crippen LogP contribution in [0.25, 0.3) is 0 Å². The number of benzene rings is 1. The molecule has 0 aliphatic heterocycles. The zero-order chi connectivity index (χ0) is 13.6. The summed E-state index contributed by atoms with van der Waals surface area (Å²) in [5.41, 5.74) is 7.17. The molecular formula is C15H24BrNO. The van der Waals surface area contributed by atoms with Crippen LogP contribution in [0.2, 0.25) is 0 Å². The number of nitrogens with two attached hydrogens (primary N) is 1. The Bertz CT molecular complexity index is 365. The molecule has 1 aromatic carbocycles. The van der Waals surface area contributed by atoms with Crippen molar-refractivity contribution in [3.63, 3.8) is 0 Å². The van der Waals surface area contributed by atoms with Gasteiger partial charge in [0.15, 0.2) is 0 Å². The van der Waals surface area contributed by atoms with Crippen molar-refractivity contribution < 1.29 is 4.74 Å². The van der Waals surface area contributed by atoms with Gasteiger partial charge < -0.3 is 10.5 Å². The van der Waals surface area contributed by atoms with Crippen molar-refractivity contribution in [1.82, 2.24) is 0 Å². The van der Waals surface area contributed by atoms with E-state index in [1.165, 1.54) is 5.56 Å². The Hall–Kier alpha value is -0.380. The summed E-state index contributed by atoms with van der Waals surface area (Å²) in [5, 5.41) is 0. The van der Waals surface area contributed by atoms with Gasteiger partial charge in [-0.25, -0.2) is 0 Å². The van der Waals surface area contributed by atoms with Crippen molar-refractivity contribution in [3.05, 3.63) is 34.3 Å². The molecule has 1 aromatic rings. The first-order valence-corrected chi connectivity index (χ1v) is 7.26. The van der Waals surface area contributed by atoms with Crippen LogP contribution in [0.1, 0.15) is 32.3 Å². The summed E-state index contributed by atoms with van der Waals surface area (Å²) in [5.74, 6) is 0.522. The Labute approximate surface area is 119 Å². The van der Waals surface area contributed by atoms with E-state index in [4.69, 9.17) is 10.5 Å².